The summed E-state index contributed by atoms with van der Waals surface area (Å²) < 4.78 is 13.0. The molecule has 0 aromatic heterocycles. The number of oxime groups is 1. The van der Waals surface area contributed by atoms with Gasteiger partial charge in [-0.1, -0.05) is 47.6 Å². The summed E-state index contributed by atoms with van der Waals surface area (Å²) in [6.07, 6.45) is 0.225. The molecule has 1 heterocycles. The van der Waals surface area contributed by atoms with Crippen molar-refractivity contribution in [3.05, 3.63) is 71.5 Å². The highest BCUT2D eigenvalue weighted by molar-refractivity contribution is 6.39. The van der Waals surface area contributed by atoms with E-state index in [1.165, 1.54) is 12.1 Å². The van der Waals surface area contributed by atoms with Crippen LogP contribution in [0.2, 0.25) is 0 Å². The second kappa shape index (κ2) is 6.83. The maximum Gasteiger partial charge on any atom is 0.272 e. The molecule has 0 bridgehead atoms. The maximum atomic E-state index is 13.0. The van der Waals surface area contributed by atoms with Crippen LogP contribution in [0.15, 0.2) is 59.8 Å². The van der Waals surface area contributed by atoms with Crippen LogP contribution in [0, 0.1) is 5.82 Å². The molecule has 124 valence electrons. The van der Waals surface area contributed by atoms with E-state index in [4.69, 9.17) is 4.84 Å². The van der Waals surface area contributed by atoms with E-state index in [-0.39, 0.29) is 23.9 Å². The quantitative estimate of drug-likeness (QED) is 0.856. The van der Waals surface area contributed by atoms with Crippen molar-refractivity contribution in [3.63, 3.8) is 0 Å². The molecule has 0 aliphatic carbocycles. The van der Waals surface area contributed by atoms with Crippen molar-refractivity contribution in [1.29, 1.82) is 0 Å². The second-order valence-electron chi connectivity index (χ2n) is 5.89. The van der Waals surface area contributed by atoms with E-state index in [0.717, 1.165) is 11.1 Å². The normalized spacial score (nSPS) is 17.8. The van der Waals surface area contributed by atoms with Gasteiger partial charge in [-0.15, -0.1) is 0 Å². The van der Waals surface area contributed by atoms with Crippen molar-refractivity contribution in [2.45, 2.75) is 25.5 Å². The zero-order chi connectivity index (χ0) is 17.1. The van der Waals surface area contributed by atoms with Crippen molar-refractivity contribution >= 4 is 11.6 Å². The Kier molecular flexibility index (Phi) is 4.60. The zero-order valence-electron chi connectivity index (χ0n) is 13.6. The molecule has 0 radical (unpaired) electrons. The summed E-state index contributed by atoms with van der Waals surface area (Å²) in [6.45, 7) is 1.90. The molecule has 0 saturated heterocycles. The summed E-state index contributed by atoms with van der Waals surface area (Å²) >= 11 is 0. The van der Waals surface area contributed by atoms with Crippen molar-refractivity contribution in [2.75, 3.05) is 7.05 Å². The number of hydrogen-bond donors (Lipinski definition) is 0. The average Bonchev–Trinajstić information content (AvgIpc) is 3.11. The van der Waals surface area contributed by atoms with E-state index in [1.54, 1.807) is 24.1 Å². The lowest BCUT2D eigenvalue weighted by Crippen LogP contribution is -2.34. The van der Waals surface area contributed by atoms with Crippen molar-refractivity contribution in [2.24, 2.45) is 5.16 Å². The lowest BCUT2D eigenvalue weighted by molar-refractivity contribution is -0.124. The number of carbonyl (C=O) groups is 1. The fourth-order valence-corrected chi connectivity index (χ4v) is 2.69. The maximum absolute atomic E-state index is 13.0. The van der Waals surface area contributed by atoms with Crippen LogP contribution in [0.25, 0.3) is 0 Å². The molecule has 1 aliphatic heterocycles. The number of nitrogens with zero attached hydrogens (tertiary/aromatic N) is 2. The summed E-state index contributed by atoms with van der Waals surface area (Å²) in [4.78, 5) is 19.7. The molecule has 2 atom stereocenters. The first kappa shape index (κ1) is 16.2. The van der Waals surface area contributed by atoms with Crippen LogP contribution >= 0.6 is 0 Å². The Hall–Kier alpha value is -2.69. The SMILES string of the molecule is CC(c1ccc(F)cc1)N(C)C(=O)C1=NOC(c2ccccc2)C1. The fraction of sp³-hybridized carbons (Fsp3) is 0.263. The van der Waals surface area contributed by atoms with Gasteiger partial charge in [-0.3, -0.25) is 4.79 Å². The Bertz CT molecular complexity index is 744. The van der Waals surface area contributed by atoms with Gasteiger partial charge in [-0.2, -0.15) is 0 Å². The number of carbonyl (C=O) groups excluding carboxylic acids is 1. The molecule has 4 nitrogen and oxygen atoms in total. The summed E-state index contributed by atoms with van der Waals surface area (Å²) in [5.74, 6) is -0.468. The molecular weight excluding hydrogens is 307 g/mol. The minimum atomic E-state index is -0.292. The predicted molar refractivity (Wildman–Crippen MR) is 89.9 cm³/mol. The van der Waals surface area contributed by atoms with Gasteiger partial charge in [0.25, 0.3) is 5.91 Å². The number of rotatable bonds is 4. The van der Waals surface area contributed by atoms with E-state index in [9.17, 15) is 9.18 Å². The van der Waals surface area contributed by atoms with Crippen LogP contribution in [-0.2, 0) is 9.63 Å². The van der Waals surface area contributed by atoms with Gasteiger partial charge in [0.2, 0.25) is 0 Å². The highest BCUT2D eigenvalue weighted by Gasteiger charge is 2.30. The van der Waals surface area contributed by atoms with Gasteiger partial charge in [0.1, 0.15) is 11.5 Å². The lowest BCUT2D eigenvalue weighted by atomic mass is 10.0. The number of hydrogen-bond acceptors (Lipinski definition) is 3. The first-order valence-corrected chi connectivity index (χ1v) is 7.86. The molecule has 1 aliphatic rings. The predicted octanol–water partition coefficient (Wildman–Crippen LogP) is 3.86. The first-order valence-electron chi connectivity index (χ1n) is 7.86. The van der Waals surface area contributed by atoms with Crippen LogP contribution in [0.4, 0.5) is 4.39 Å². The van der Waals surface area contributed by atoms with Gasteiger partial charge in [0, 0.05) is 13.5 Å². The zero-order valence-corrected chi connectivity index (χ0v) is 13.6. The molecule has 2 aromatic carbocycles. The van der Waals surface area contributed by atoms with Crippen LogP contribution in [0.1, 0.15) is 36.6 Å². The van der Waals surface area contributed by atoms with E-state index in [2.05, 4.69) is 5.16 Å². The average molecular weight is 326 g/mol. The Labute approximate surface area is 140 Å². The smallest absolute Gasteiger partial charge is 0.272 e. The standard InChI is InChI=1S/C19H19FN2O2/c1-13(14-8-10-16(20)11-9-14)22(2)19(23)17-12-18(24-21-17)15-6-4-3-5-7-15/h3-11,13,18H,12H2,1-2H3. The third-order valence-corrected chi connectivity index (χ3v) is 4.34. The van der Waals surface area contributed by atoms with E-state index in [0.29, 0.717) is 12.1 Å². The van der Waals surface area contributed by atoms with E-state index >= 15 is 0 Å². The molecule has 2 aromatic rings. The Morgan fingerprint density at radius 2 is 1.88 bits per heavy atom. The third kappa shape index (κ3) is 3.30. The molecule has 2 unspecified atom stereocenters. The van der Waals surface area contributed by atoms with Crippen LogP contribution in [0.5, 0.6) is 0 Å². The molecule has 0 fully saturated rings. The van der Waals surface area contributed by atoms with Gasteiger partial charge < -0.3 is 9.74 Å². The highest BCUT2D eigenvalue weighted by Crippen LogP contribution is 2.28. The van der Waals surface area contributed by atoms with Crippen molar-refractivity contribution < 1.29 is 14.0 Å². The molecule has 24 heavy (non-hydrogen) atoms. The van der Waals surface area contributed by atoms with Crippen LogP contribution < -0.4 is 0 Å². The molecule has 0 spiro atoms. The van der Waals surface area contributed by atoms with Gasteiger partial charge >= 0.3 is 0 Å². The third-order valence-electron chi connectivity index (χ3n) is 4.34. The minimum absolute atomic E-state index is 0.176. The summed E-state index contributed by atoms with van der Waals surface area (Å²) in [6, 6.07) is 15.7. The van der Waals surface area contributed by atoms with Crippen molar-refractivity contribution in [3.8, 4) is 0 Å². The number of benzene rings is 2. The largest absolute Gasteiger partial charge is 0.387 e. The van der Waals surface area contributed by atoms with Gasteiger partial charge in [0.15, 0.2) is 6.10 Å². The number of halogens is 1. The topological polar surface area (TPSA) is 41.9 Å². The highest BCUT2D eigenvalue weighted by atomic mass is 19.1. The minimum Gasteiger partial charge on any atom is -0.387 e. The molecule has 0 N–H and O–H groups in total. The Morgan fingerprint density at radius 3 is 2.54 bits per heavy atom. The Morgan fingerprint density at radius 1 is 1.21 bits per heavy atom. The second-order valence-corrected chi connectivity index (χ2v) is 5.89. The van der Waals surface area contributed by atoms with Crippen LogP contribution in [0.3, 0.4) is 0 Å². The fourth-order valence-electron chi connectivity index (χ4n) is 2.69. The molecule has 1 amide bonds. The van der Waals surface area contributed by atoms with Crippen LogP contribution in [-0.4, -0.2) is 23.6 Å². The summed E-state index contributed by atoms with van der Waals surface area (Å²) in [5.41, 5.74) is 2.27. The molecular formula is C19H19FN2O2. The monoisotopic (exact) mass is 326 g/mol. The molecule has 3 rings (SSSR count). The van der Waals surface area contributed by atoms with E-state index in [1.807, 2.05) is 37.3 Å². The number of amides is 1. The molecule has 0 saturated carbocycles. The Balaban J connectivity index is 1.67. The summed E-state index contributed by atoms with van der Waals surface area (Å²) in [5, 5.41) is 3.97. The van der Waals surface area contributed by atoms with E-state index < -0.39 is 0 Å². The lowest BCUT2D eigenvalue weighted by Gasteiger charge is -2.25. The van der Waals surface area contributed by atoms with Gasteiger partial charge in [0.05, 0.1) is 6.04 Å². The van der Waals surface area contributed by atoms with Gasteiger partial charge in [-0.25, -0.2) is 4.39 Å². The molecule has 5 heteroatoms. The van der Waals surface area contributed by atoms with Crippen molar-refractivity contribution in [1.82, 2.24) is 4.90 Å². The summed E-state index contributed by atoms with van der Waals surface area (Å²) in [7, 11) is 1.72. The van der Waals surface area contributed by atoms with Gasteiger partial charge in [-0.05, 0) is 30.2 Å². The first-order chi connectivity index (χ1) is 11.6.